The summed E-state index contributed by atoms with van der Waals surface area (Å²) in [5.41, 5.74) is -0.248. The van der Waals surface area contributed by atoms with Crippen LogP contribution in [0.1, 0.15) is 55.6 Å². The van der Waals surface area contributed by atoms with Crippen molar-refractivity contribution in [3.63, 3.8) is 0 Å². The van der Waals surface area contributed by atoms with E-state index in [1.54, 1.807) is 13.0 Å². The van der Waals surface area contributed by atoms with Gasteiger partial charge in [-0.15, -0.1) is 0 Å². The number of rotatable bonds is 8. The number of H-pyrrole nitrogens is 1. The van der Waals surface area contributed by atoms with Crippen LogP contribution in [0.2, 0.25) is 0 Å². The standard InChI is InChI=1S/C19H26N4O5S/c1-4-29(27,28)8-7-20-17(24)13-9-14(12-5-6-12)21-16-15(13)18(25)22-19(26)23(16)10-11(2)3/h9,11-12H,4-8,10H2,1-3H3,(H,20,24)(H,22,25,26). The number of hydrogen-bond donors (Lipinski definition) is 2. The second-order valence-corrected chi connectivity index (χ2v) is 10.3. The first-order chi connectivity index (χ1) is 13.6. The van der Waals surface area contributed by atoms with Gasteiger partial charge < -0.3 is 5.32 Å². The zero-order valence-electron chi connectivity index (χ0n) is 16.8. The second kappa shape index (κ2) is 8.10. The number of nitrogens with one attached hydrogen (secondary N) is 2. The number of pyridine rings is 1. The molecule has 2 N–H and O–H groups in total. The molecule has 0 bridgehead atoms. The molecule has 1 aliphatic carbocycles. The van der Waals surface area contributed by atoms with Crippen LogP contribution in [0, 0.1) is 5.92 Å². The normalized spacial score (nSPS) is 14.5. The fourth-order valence-corrected chi connectivity index (χ4v) is 3.86. The van der Waals surface area contributed by atoms with Crippen molar-refractivity contribution in [2.75, 3.05) is 18.1 Å². The molecule has 10 heteroatoms. The molecule has 3 rings (SSSR count). The number of nitrogens with zero attached hydrogens (tertiary/aromatic N) is 2. The van der Waals surface area contributed by atoms with Crippen LogP contribution in [0.25, 0.3) is 11.0 Å². The summed E-state index contributed by atoms with van der Waals surface area (Å²) in [5.74, 6) is -0.403. The second-order valence-electron chi connectivity index (χ2n) is 7.82. The van der Waals surface area contributed by atoms with Crippen molar-refractivity contribution in [3.8, 4) is 0 Å². The highest BCUT2D eigenvalue weighted by atomic mass is 32.2. The van der Waals surface area contributed by atoms with Crippen LogP contribution >= 0.6 is 0 Å². The Bertz CT molecular complexity index is 1160. The maximum atomic E-state index is 12.8. The molecule has 2 aromatic rings. The Balaban J connectivity index is 2.09. The lowest BCUT2D eigenvalue weighted by molar-refractivity contribution is 0.0957. The van der Waals surface area contributed by atoms with E-state index in [1.165, 1.54) is 4.57 Å². The predicted molar refractivity (Wildman–Crippen MR) is 110 cm³/mol. The average molecular weight is 423 g/mol. The van der Waals surface area contributed by atoms with E-state index in [0.717, 1.165) is 12.8 Å². The molecule has 0 radical (unpaired) electrons. The summed E-state index contributed by atoms with van der Waals surface area (Å²) < 4.78 is 24.7. The number of amides is 1. The van der Waals surface area contributed by atoms with Gasteiger partial charge >= 0.3 is 5.69 Å². The first kappa shape index (κ1) is 21.2. The Hall–Kier alpha value is -2.49. The van der Waals surface area contributed by atoms with Crippen molar-refractivity contribution >= 4 is 26.8 Å². The molecule has 0 saturated heterocycles. The lowest BCUT2D eigenvalue weighted by Crippen LogP contribution is -2.35. The highest BCUT2D eigenvalue weighted by Crippen LogP contribution is 2.39. The maximum absolute atomic E-state index is 12.8. The summed E-state index contributed by atoms with van der Waals surface area (Å²) in [5, 5.41) is 2.63. The summed E-state index contributed by atoms with van der Waals surface area (Å²) in [7, 11) is -3.23. The molecule has 0 unspecified atom stereocenters. The van der Waals surface area contributed by atoms with Crippen LogP contribution in [0.4, 0.5) is 0 Å². The van der Waals surface area contributed by atoms with Crippen LogP contribution in [-0.2, 0) is 16.4 Å². The minimum atomic E-state index is -3.23. The monoisotopic (exact) mass is 422 g/mol. The van der Waals surface area contributed by atoms with Gasteiger partial charge in [-0.1, -0.05) is 20.8 Å². The Labute approximate surface area is 168 Å². The molecule has 1 saturated carbocycles. The van der Waals surface area contributed by atoms with E-state index in [1.807, 2.05) is 13.8 Å². The average Bonchev–Trinajstić information content (AvgIpc) is 3.49. The molecule has 158 valence electrons. The highest BCUT2D eigenvalue weighted by molar-refractivity contribution is 7.91. The zero-order chi connectivity index (χ0) is 21.3. The number of hydrogen-bond acceptors (Lipinski definition) is 6. The maximum Gasteiger partial charge on any atom is 0.330 e. The van der Waals surface area contributed by atoms with E-state index >= 15 is 0 Å². The molecule has 0 spiro atoms. The van der Waals surface area contributed by atoms with Crippen LogP contribution in [0.15, 0.2) is 15.7 Å². The molecule has 1 amide bonds. The smallest absolute Gasteiger partial charge is 0.330 e. The van der Waals surface area contributed by atoms with Crippen molar-refractivity contribution in [1.82, 2.24) is 19.9 Å². The number of carbonyl (C=O) groups is 1. The zero-order valence-corrected chi connectivity index (χ0v) is 17.6. The van der Waals surface area contributed by atoms with Gasteiger partial charge in [-0.2, -0.15) is 0 Å². The lowest BCUT2D eigenvalue weighted by atomic mass is 10.1. The van der Waals surface area contributed by atoms with Gasteiger partial charge in [-0.3, -0.25) is 19.1 Å². The molecule has 9 nitrogen and oxygen atoms in total. The van der Waals surface area contributed by atoms with Gasteiger partial charge in [-0.05, 0) is 24.8 Å². The van der Waals surface area contributed by atoms with E-state index in [2.05, 4.69) is 15.3 Å². The number of carbonyl (C=O) groups excluding carboxylic acids is 1. The van der Waals surface area contributed by atoms with Crippen LogP contribution < -0.4 is 16.6 Å². The number of aromatic amines is 1. The topological polar surface area (TPSA) is 131 Å². The van der Waals surface area contributed by atoms with Gasteiger partial charge in [-0.25, -0.2) is 18.2 Å². The minimum absolute atomic E-state index is 0.00592. The molecule has 0 atom stereocenters. The van der Waals surface area contributed by atoms with Gasteiger partial charge in [0.25, 0.3) is 11.5 Å². The lowest BCUT2D eigenvalue weighted by Gasteiger charge is -2.14. The number of aromatic nitrogens is 3. The number of fused-ring (bicyclic) bond motifs is 1. The van der Waals surface area contributed by atoms with E-state index in [0.29, 0.717) is 12.2 Å². The minimum Gasteiger partial charge on any atom is -0.351 e. The van der Waals surface area contributed by atoms with Crippen LogP contribution in [-0.4, -0.2) is 46.9 Å². The summed E-state index contributed by atoms with van der Waals surface area (Å²) >= 11 is 0. The molecule has 0 aromatic carbocycles. The molecule has 1 aliphatic rings. The van der Waals surface area contributed by atoms with Crippen molar-refractivity contribution < 1.29 is 13.2 Å². The Morgan fingerprint density at radius 3 is 2.62 bits per heavy atom. The molecular weight excluding hydrogens is 396 g/mol. The third-order valence-electron chi connectivity index (χ3n) is 4.89. The van der Waals surface area contributed by atoms with E-state index in [4.69, 9.17) is 0 Å². The largest absolute Gasteiger partial charge is 0.351 e. The van der Waals surface area contributed by atoms with Crippen molar-refractivity contribution in [1.29, 1.82) is 0 Å². The van der Waals surface area contributed by atoms with Gasteiger partial charge in [0.2, 0.25) is 0 Å². The Morgan fingerprint density at radius 2 is 2.03 bits per heavy atom. The Morgan fingerprint density at radius 1 is 1.34 bits per heavy atom. The molecule has 2 heterocycles. The number of sulfone groups is 1. The third kappa shape index (κ3) is 4.75. The SMILES string of the molecule is CCS(=O)(=O)CCNC(=O)c1cc(C2CC2)nc2c1c(=O)[nH]c(=O)n2CC(C)C. The molecule has 2 aromatic heterocycles. The van der Waals surface area contributed by atoms with Gasteiger partial charge in [0, 0.05) is 30.5 Å². The van der Waals surface area contributed by atoms with E-state index in [9.17, 15) is 22.8 Å². The molecular formula is C19H26N4O5S. The highest BCUT2D eigenvalue weighted by Gasteiger charge is 2.28. The van der Waals surface area contributed by atoms with Crippen molar-refractivity contribution in [2.45, 2.75) is 46.1 Å². The van der Waals surface area contributed by atoms with Gasteiger partial charge in [0.05, 0.1) is 16.7 Å². The van der Waals surface area contributed by atoms with Crippen LogP contribution in [0.3, 0.4) is 0 Å². The van der Waals surface area contributed by atoms with Crippen molar-refractivity contribution in [3.05, 3.63) is 38.2 Å². The summed E-state index contributed by atoms with van der Waals surface area (Å²) in [6.07, 6.45) is 1.87. The molecule has 1 fully saturated rings. The van der Waals surface area contributed by atoms with Gasteiger partial charge in [0.15, 0.2) is 15.5 Å². The fraction of sp³-hybridized carbons (Fsp3) is 0.579. The van der Waals surface area contributed by atoms with Gasteiger partial charge in [0.1, 0.15) is 0 Å². The third-order valence-corrected chi connectivity index (χ3v) is 6.60. The fourth-order valence-electron chi connectivity index (χ4n) is 3.15. The van der Waals surface area contributed by atoms with Crippen molar-refractivity contribution in [2.24, 2.45) is 5.92 Å². The molecule has 29 heavy (non-hydrogen) atoms. The summed E-state index contributed by atoms with van der Waals surface area (Å²) in [6, 6.07) is 1.59. The Kier molecular flexibility index (Phi) is 5.92. The first-order valence-corrected chi connectivity index (χ1v) is 11.6. The quantitative estimate of drug-likeness (QED) is 0.646. The first-order valence-electron chi connectivity index (χ1n) is 9.79. The van der Waals surface area contributed by atoms with Crippen LogP contribution in [0.5, 0.6) is 0 Å². The summed E-state index contributed by atoms with van der Waals surface area (Å²) in [6.45, 7) is 5.72. The summed E-state index contributed by atoms with van der Waals surface area (Å²) in [4.78, 5) is 44.6. The van der Waals surface area contributed by atoms with E-state index in [-0.39, 0.29) is 46.5 Å². The van der Waals surface area contributed by atoms with E-state index < -0.39 is 27.0 Å². The predicted octanol–water partition coefficient (Wildman–Crippen LogP) is 0.783. The molecule has 0 aliphatic heterocycles.